The fourth-order valence-electron chi connectivity index (χ4n) is 2.75. The predicted molar refractivity (Wildman–Crippen MR) is 104 cm³/mol. The molecule has 2 aromatic carbocycles. The van der Waals surface area contributed by atoms with Crippen molar-refractivity contribution in [2.24, 2.45) is 0 Å². The summed E-state index contributed by atoms with van der Waals surface area (Å²) in [6.07, 6.45) is 1.37. The zero-order valence-electron chi connectivity index (χ0n) is 15.1. The van der Waals surface area contributed by atoms with E-state index in [0.717, 1.165) is 5.56 Å². The first kappa shape index (κ1) is 18.7. The van der Waals surface area contributed by atoms with Gasteiger partial charge in [-0.05, 0) is 18.6 Å². The number of anilines is 1. The van der Waals surface area contributed by atoms with Crippen LogP contribution in [-0.4, -0.2) is 29.7 Å². The number of aromatic nitrogens is 2. The van der Waals surface area contributed by atoms with E-state index in [1.54, 1.807) is 24.3 Å². The number of benzene rings is 2. The van der Waals surface area contributed by atoms with Crippen molar-refractivity contribution in [1.29, 1.82) is 0 Å². The molecule has 0 atom stereocenters. The molecule has 140 valence electrons. The van der Waals surface area contributed by atoms with Crippen LogP contribution in [0.4, 0.5) is 5.69 Å². The zero-order chi connectivity index (χ0) is 19.6. The Balaban J connectivity index is 1.88. The predicted octanol–water partition coefficient (Wildman–Crippen LogP) is 3.01. The van der Waals surface area contributed by atoms with Crippen molar-refractivity contribution in [3.05, 3.63) is 57.6 Å². The summed E-state index contributed by atoms with van der Waals surface area (Å²) in [5, 5.41) is 3.54. The average Bonchev–Trinajstić information content (AvgIpc) is 2.65. The van der Waals surface area contributed by atoms with Gasteiger partial charge in [-0.1, -0.05) is 23.7 Å². The standard InChI is InChI=1S/C19H18ClN3O4/c1-11-5-4-6-12-18(11)21-10-23(19(12)25)9-17(24)22-14-8-15(26-2)13(20)7-16(14)27-3/h4-8,10H,9H2,1-3H3,(H,22,24). The average molecular weight is 388 g/mol. The topological polar surface area (TPSA) is 82.5 Å². The van der Waals surface area contributed by atoms with E-state index in [0.29, 0.717) is 33.1 Å². The maximum atomic E-state index is 12.6. The molecule has 0 fully saturated rings. The number of nitrogens with zero attached hydrogens (tertiary/aromatic N) is 2. The molecule has 0 aliphatic rings. The molecule has 0 aliphatic heterocycles. The van der Waals surface area contributed by atoms with Gasteiger partial charge in [0.25, 0.3) is 5.56 Å². The maximum Gasteiger partial charge on any atom is 0.261 e. The summed E-state index contributed by atoms with van der Waals surface area (Å²) < 4.78 is 11.7. The van der Waals surface area contributed by atoms with Crippen LogP contribution in [-0.2, 0) is 11.3 Å². The molecule has 0 aliphatic carbocycles. The normalized spacial score (nSPS) is 10.7. The fraction of sp³-hybridized carbons (Fsp3) is 0.211. The maximum absolute atomic E-state index is 12.6. The molecule has 3 aromatic rings. The number of carbonyl (C=O) groups excluding carboxylic acids is 1. The van der Waals surface area contributed by atoms with Crippen molar-refractivity contribution in [2.45, 2.75) is 13.5 Å². The van der Waals surface area contributed by atoms with E-state index in [1.807, 2.05) is 13.0 Å². The van der Waals surface area contributed by atoms with Crippen molar-refractivity contribution in [1.82, 2.24) is 9.55 Å². The van der Waals surface area contributed by atoms with Gasteiger partial charge < -0.3 is 14.8 Å². The molecule has 0 unspecified atom stereocenters. The SMILES string of the molecule is COc1cc(NC(=O)Cn2cnc3c(C)cccc3c2=O)c(OC)cc1Cl. The summed E-state index contributed by atoms with van der Waals surface area (Å²) in [6.45, 7) is 1.69. The number of para-hydroxylation sites is 1. The van der Waals surface area contributed by atoms with E-state index in [1.165, 1.54) is 25.1 Å². The number of methoxy groups -OCH3 is 2. The van der Waals surface area contributed by atoms with Gasteiger partial charge in [-0.25, -0.2) is 4.98 Å². The van der Waals surface area contributed by atoms with Crippen molar-refractivity contribution >= 4 is 34.1 Å². The molecule has 7 nitrogen and oxygen atoms in total. The molecule has 8 heteroatoms. The van der Waals surface area contributed by atoms with Gasteiger partial charge in [-0.15, -0.1) is 0 Å². The fourth-order valence-corrected chi connectivity index (χ4v) is 2.98. The number of aryl methyl sites for hydroxylation is 1. The summed E-state index contributed by atoms with van der Waals surface area (Å²) >= 11 is 6.06. The number of fused-ring (bicyclic) bond motifs is 1. The number of hydrogen-bond donors (Lipinski definition) is 1. The molecule has 0 saturated heterocycles. The molecule has 1 N–H and O–H groups in total. The highest BCUT2D eigenvalue weighted by Gasteiger charge is 2.14. The van der Waals surface area contributed by atoms with Crippen LogP contribution in [0.5, 0.6) is 11.5 Å². The summed E-state index contributed by atoms with van der Waals surface area (Å²) in [6, 6.07) is 8.47. The van der Waals surface area contributed by atoms with E-state index in [2.05, 4.69) is 10.3 Å². The number of ether oxygens (including phenoxy) is 2. The van der Waals surface area contributed by atoms with E-state index >= 15 is 0 Å². The Bertz CT molecular complexity index is 1080. The number of rotatable bonds is 5. The highest BCUT2D eigenvalue weighted by Crippen LogP contribution is 2.35. The highest BCUT2D eigenvalue weighted by molar-refractivity contribution is 6.32. The second kappa shape index (κ2) is 7.67. The Morgan fingerprint density at radius 1 is 1.22 bits per heavy atom. The molecule has 1 heterocycles. The first-order valence-electron chi connectivity index (χ1n) is 8.10. The van der Waals surface area contributed by atoms with Crippen LogP contribution in [0.1, 0.15) is 5.56 Å². The van der Waals surface area contributed by atoms with Gasteiger partial charge in [-0.3, -0.25) is 14.2 Å². The molecule has 3 rings (SSSR count). The van der Waals surface area contributed by atoms with E-state index in [9.17, 15) is 9.59 Å². The number of amides is 1. The minimum absolute atomic E-state index is 0.191. The molecule has 1 amide bonds. The Kier molecular flexibility index (Phi) is 5.32. The smallest absolute Gasteiger partial charge is 0.261 e. The van der Waals surface area contributed by atoms with Crippen molar-refractivity contribution < 1.29 is 14.3 Å². The van der Waals surface area contributed by atoms with Crippen LogP contribution in [0.15, 0.2) is 41.5 Å². The van der Waals surface area contributed by atoms with Crippen LogP contribution in [0.3, 0.4) is 0 Å². The summed E-state index contributed by atoms with van der Waals surface area (Å²) in [5.41, 5.74) is 1.64. The minimum atomic E-state index is -0.409. The van der Waals surface area contributed by atoms with Crippen LogP contribution in [0, 0.1) is 6.92 Å². The molecule has 0 saturated carbocycles. The Morgan fingerprint density at radius 2 is 1.96 bits per heavy atom. The van der Waals surface area contributed by atoms with Gasteiger partial charge in [0, 0.05) is 12.1 Å². The number of carbonyl (C=O) groups is 1. The molecule has 1 aromatic heterocycles. The van der Waals surface area contributed by atoms with Gasteiger partial charge in [0.2, 0.25) is 5.91 Å². The van der Waals surface area contributed by atoms with Gasteiger partial charge >= 0.3 is 0 Å². The second-order valence-corrected chi connectivity index (χ2v) is 6.29. The Labute approximate surface area is 160 Å². The van der Waals surface area contributed by atoms with E-state index in [-0.39, 0.29) is 12.1 Å². The van der Waals surface area contributed by atoms with Crippen LogP contribution in [0.2, 0.25) is 5.02 Å². The van der Waals surface area contributed by atoms with E-state index in [4.69, 9.17) is 21.1 Å². The molecular formula is C19H18ClN3O4. The largest absolute Gasteiger partial charge is 0.495 e. The lowest BCUT2D eigenvalue weighted by molar-refractivity contribution is -0.116. The lowest BCUT2D eigenvalue weighted by Crippen LogP contribution is -2.28. The Morgan fingerprint density at radius 3 is 2.67 bits per heavy atom. The third kappa shape index (κ3) is 3.73. The zero-order valence-corrected chi connectivity index (χ0v) is 15.8. The molecule has 0 bridgehead atoms. The van der Waals surface area contributed by atoms with Gasteiger partial charge in [0.1, 0.15) is 18.0 Å². The number of nitrogens with one attached hydrogen (secondary N) is 1. The van der Waals surface area contributed by atoms with Crippen molar-refractivity contribution in [2.75, 3.05) is 19.5 Å². The quantitative estimate of drug-likeness (QED) is 0.727. The van der Waals surface area contributed by atoms with Crippen LogP contribution < -0.4 is 20.3 Å². The van der Waals surface area contributed by atoms with Crippen molar-refractivity contribution in [3.8, 4) is 11.5 Å². The molecule has 0 spiro atoms. The Hall–Kier alpha value is -3.06. The number of hydrogen-bond acceptors (Lipinski definition) is 5. The third-order valence-electron chi connectivity index (χ3n) is 4.12. The van der Waals surface area contributed by atoms with Crippen LogP contribution >= 0.6 is 11.6 Å². The van der Waals surface area contributed by atoms with Gasteiger partial charge in [0.15, 0.2) is 0 Å². The summed E-state index contributed by atoms with van der Waals surface area (Å²) in [5.74, 6) is 0.370. The third-order valence-corrected chi connectivity index (χ3v) is 4.41. The van der Waals surface area contributed by atoms with Crippen LogP contribution in [0.25, 0.3) is 10.9 Å². The lowest BCUT2D eigenvalue weighted by atomic mass is 10.1. The van der Waals surface area contributed by atoms with E-state index < -0.39 is 5.91 Å². The summed E-state index contributed by atoms with van der Waals surface area (Å²) in [7, 11) is 2.94. The van der Waals surface area contributed by atoms with Gasteiger partial charge in [0.05, 0.1) is 42.2 Å². The first-order chi connectivity index (χ1) is 12.9. The summed E-state index contributed by atoms with van der Waals surface area (Å²) in [4.78, 5) is 29.4. The van der Waals surface area contributed by atoms with Crippen molar-refractivity contribution in [3.63, 3.8) is 0 Å². The monoisotopic (exact) mass is 387 g/mol. The lowest BCUT2D eigenvalue weighted by Gasteiger charge is -2.14. The molecule has 0 radical (unpaired) electrons. The molecular weight excluding hydrogens is 370 g/mol. The highest BCUT2D eigenvalue weighted by atomic mass is 35.5. The first-order valence-corrected chi connectivity index (χ1v) is 8.48. The second-order valence-electron chi connectivity index (χ2n) is 5.88. The minimum Gasteiger partial charge on any atom is -0.495 e. The van der Waals surface area contributed by atoms with Gasteiger partial charge in [-0.2, -0.15) is 0 Å². The number of halogens is 1. The molecule has 27 heavy (non-hydrogen) atoms.